The van der Waals surface area contributed by atoms with Gasteiger partial charge in [0.05, 0.1) is 16.4 Å². The minimum Gasteiger partial charge on any atom is -0.338 e. The lowest BCUT2D eigenvalue weighted by Crippen LogP contribution is -2.44. The first-order valence-corrected chi connectivity index (χ1v) is 7.89. The van der Waals surface area contributed by atoms with E-state index in [0.717, 1.165) is 25.2 Å². The molecule has 1 aliphatic rings. The summed E-state index contributed by atoms with van der Waals surface area (Å²) in [5.41, 5.74) is 0.426. The molecule has 24 heavy (non-hydrogen) atoms. The Balaban J connectivity index is 1.85. The van der Waals surface area contributed by atoms with Crippen molar-refractivity contribution in [2.75, 3.05) is 26.7 Å². The number of hydrogen-bond acceptors (Lipinski definition) is 7. The van der Waals surface area contributed by atoms with Crippen LogP contribution in [-0.4, -0.2) is 46.6 Å². The van der Waals surface area contributed by atoms with Crippen LogP contribution in [0.2, 0.25) is 0 Å². The predicted octanol–water partition coefficient (Wildman–Crippen LogP) is 1.88. The molecule has 1 saturated heterocycles. The maximum absolute atomic E-state index is 10.8. The first kappa shape index (κ1) is 16.5. The molecule has 1 atom stereocenters. The Morgan fingerprint density at radius 2 is 2.08 bits per heavy atom. The predicted molar refractivity (Wildman–Crippen MR) is 87.8 cm³/mol. The monoisotopic (exact) mass is 331 g/mol. The molecule has 1 aromatic heterocycles. The molecule has 1 aliphatic heterocycles. The lowest BCUT2D eigenvalue weighted by atomic mass is 9.84. The Kier molecular flexibility index (Phi) is 4.33. The summed E-state index contributed by atoms with van der Waals surface area (Å²) >= 11 is 0. The number of nitro benzene ring substituents is 1. The molecule has 0 spiro atoms. The molecular weight excluding hydrogens is 310 g/mol. The second-order valence-electron chi connectivity index (χ2n) is 6.59. The van der Waals surface area contributed by atoms with Gasteiger partial charge in [-0.3, -0.25) is 15.0 Å². The third kappa shape index (κ3) is 3.02. The van der Waals surface area contributed by atoms with Crippen molar-refractivity contribution in [3.63, 3.8) is 0 Å². The number of rotatable bonds is 4. The van der Waals surface area contributed by atoms with Gasteiger partial charge in [-0.1, -0.05) is 17.3 Å². The van der Waals surface area contributed by atoms with Crippen LogP contribution in [-0.2, 0) is 5.41 Å². The van der Waals surface area contributed by atoms with E-state index in [1.165, 1.54) is 12.1 Å². The fourth-order valence-electron chi connectivity index (χ4n) is 2.84. The van der Waals surface area contributed by atoms with Crippen LogP contribution in [0.1, 0.15) is 37.2 Å². The number of nitrogens with one attached hydrogen (secondary N) is 1. The average molecular weight is 331 g/mol. The summed E-state index contributed by atoms with van der Waals surface area (Å²) < 4.78 is 5.51. The molecule has 0 radical (unpaired) electrons. The maximum atomic E-state index is 10.8. The SMILES string of the molecule is CN1CCNCC1c1noc(C(C)(C)c2ccc([N+](=O)[O-])cc2)n1. The molecule has 0 aliphatic carbocycles. The Bertz CT molecular complexity index is 726. The third-order valence-corrected chi connectivity index (χ3v) is 4.59. The van der Waals surface area contributed by atoms with Gasteiger partial charge < -0.3 is 9.84 Å². The summed E-state index contributed by atoms with van der Waals surface area (Å²) in [4.78, 5) is 17.2. The molecule has 2 aromatic rings. The van der Waals surface area contributed by atoms with E-state index >= 15 is 0 Å². The van der Waals surface area contributed by atoms with Crippen LogP contribution in [0.15, 0.2) is 28.8 Å². The molecule has 128 valence electrons. The molecule has 0 saturated carbocycles. The van der Waals surface area contributed by atoms with Crippen LogP contribution in [0.3, 0.4) is 0 Å². The Morgan fingerprint density at radius 1 is 1.38 bits per heavy atom. The van der Waals surface area contributed by atoms with E-state index in [2.05, 4.69) is 20.4 Å². The zero-order valence-corrected chi connectivity index (χ0v) is 14.0. The van der Waals surface area contributed by atoms with Gasteiger partial charge >= 0.3 is 0 Å². The highest BCUT2D eigenvalue weighted by atomic mass is 16.6. The van der Waals surface area contributed by atoms with Crippen LogP contribution in [0, 0.1) is 10.1 Å². The molecule has 1 N–H and O–H groups in total. The summed E-state index contributed by atoms with van der Waals surface area (Å²) in [6, 6.07) is 6.54. The normalized spacial score (nSPS) is 19.4. The quantitative estimate of drug-likeness (QED) is 0.674. The minimum atomic E-state index is -0.527. The van der Waals surface area contributed by atoms with E-state index in [4.69, 9.17) is 4.52 Å². The average Bonchev–Trinajstić information content (AvgIpc) is 3.06. The van der Waals surface area contributed by atoms with Crippen molar-refractivity contribution in [1.82, 2.24) is 20.4 Å². The second-order valence-corrected chi connectivity index (χ2v) is 6.59. The second kappa shape index (κ2) is 6.29. The van der Waals surface area contributed by atoms with Gasteiger partial charge in [0.25, 0.3) is 5.69 Å². The van der Waals surface area contributed by atoms with E-state index in [1.807, 2.05) is 20.9 Å². The highest BCUT2D eigenvalue weighted by molar-refractivity contribution is 5.38. The van der Waals surface area contributed by atoms with Gasteiger partial charge in [0.15, 0.2) is 5.82 Å². The maximum Gasteiger partial charge on any atom is 0.269 e. The smallest absolute Gasteiger partial charge is 0.269 e. The van der Waals surface area contributed by atoms with Crippen molar-refractivity contribution in [3.8, 4) is 0 Å². The van der Waals surface area contributed by atoms with Gasteiger partial charge in [0, 0.05) is 31.8 Å². The summed E-state index contributed by atoms with van der Waals surface area (Å²) in [7, 11) is 2.04. The Labute approximate surface area is 140 Å². The first-order chi connectivity index (χ1) is 11.4. The van der Waals surface area contributed by atoms with E-state index in [0.29, 0.717) is 11.7 Å². The lowest BCUT2D eigenvalue weighted by molar-refractivity contribution is -0.384. The van der Waals surface area contributed by atoms with E-state index < -0.39 is 10.3 Å². The zero-order valence-electron chi connectivity index (χ0n) is 14.0. The number of aromatic nitrogens is 2. The van der Waals surface area contributed by atoms with E-state index in [-0.39, 0.29) is 11.7 Å². The van der Waals surface area contributed by atoms with Crippen molar-refractivity contribution in [2.24, 2.45) is 0 Å². The summed E-state index contributed by atoms with van der Waals surface area (Å²) in [6.07, 6.45) is 0. The van der Waals surface area contributed by atoms with Crippen LogP contribution >= 0.6 is 0 Å². The topological polar surface area (TPSA) is 97.3 Å². The van der Waals surface area contributed by atoms with Crippen LogP contribution in [0.5, 0.6) is 0 Å². The van der Waals surface area contributed by atoms with Crippen molar-refractivity contribution in [1.29, 1.82) is 0 Å². The standard InChI is InChI=1S/C16H21N5O3/c1-16(2,11-4-6-12(7-5-11)21(22)23)15-18-14(19-24-15)13-10-17-8-9-20(13)3/h4-7,13,17H,8-10H2,1-3H3. The highest BCUT2D eigenvalue weighted by Gasteiger charge is 2.33. The van der Waals surface area contributed by atoms with Crippen LogP contribution < -0.4 is 5.32 Å². The molecule has 1 fully saturated rings. The first-order valence-electron chi connectivity index (χ1n) is 7.89. The fourth-order valence-corrected chi connectivity index (χ4v) is 2.84. The number of piperazine rings is 1. The highest BCUT2D eigenvalue weighted by Crippen LogP contribution is 2.32. The molecular formula is C16H21N5O3. The van der Waals surface area contributed by atoms with Gasteiger partial charge in [-0.2, -0.15) is 4.98 Å². The molecule has 2 heterocycles. The summed E-state index contributed by atoms with van der Waals surface area (Å²) in [6.45, 7) is 6.60. The number of benzene rings is 1. The fraction of sp³-hybridized carbons (Fsp3) is 0.500. The minimum absolute atomic E-state index is 0.0654. The van der Waals surface area contributed by atoms with Crippen molar-refractivity contribution in [3.05, 3.63) is 51.7 Å². The number of hydrogen-bond donors (Lipinski definition) is 1. The number of nitrogens with zero attached hydrogens (tertiary/aromatic N) is 4. The Hall–Kier alpha value is -2.32. The molecule has 1 unspecified atom stereocenters. The molecule has 8 heteroatoms. The lowest BCUT2D eigenvalue weighted by Gasteiger charge is -2.30. The van der Waals surface area contributed by atoms with Crippen molar-refractivity contribution >= 4 is 5.69 Å². The van der Waals surface area contributed by atoms with E-state index in [1.54, 1.807) is 12.1 Å². The molecule has 1 aromatic carbocycles. The van der Waals surface area contributed by atoms with Crippen molar-refractivity contribution in [2.45, 2.75) is 25.3 Å². The number of non-ortho nitro benzene ring substituents is 1. The van der Waals surface area contributed by atoms with Gasteiger partial charge in [0.1, 0.15) is 0 Å². The van der Waals surface area contributed by atoms with E-state index in [9.17, 15) is 10.1 Å². The molecule has 0 amide bonds. The molecule has 0 bridgehead atoms. The summed E-state index contributed by atoms with van der Waals surface area (Å²) in [5.74, 6) is 1.17. The number of nitro groups is 1. The Morgan fingerprint density at radius 3 is 2.71 bits per heavy atom. The third-order valence-electron chi connectivity index (χ3n) is 4.59. The van der Waals surface area contributed by atoms with Crippen molar-refractivity contribution < 1.29 is 9.45 Å². The van der Waals surface area contributed by atoms with Gasteiger partial charge in [-0.25, -0.2) is 0 Å². The zero-order chi connectivity index (χ0) is 17.3. The van der Waals surface area contributed by atoms with Gasteiger partial charge in [0.2, 0.25) is 5.89 Å². The van der Waals surface area contributed by atoms with Gasteiger partial charge in [-0.05, 0) is 26.5 Å². The summed E-state index contributed by atoms with van der Waals surface area (Å²) in [5, 5.41) is 18.3. The van der Waals surface area contributed by atoms with Crippen LogP contribution in [0.4, 0.5) is 5.69 Å². The number of likely N-dealkylation sites (N-methyl/N-ethyl adjacent to an activating group) is 1. The van der Waals surface area contributed by atoms with Gasteiger partial charge in [-0.15, -0.1) is 0 Å². The molecule has 8 nitrogen and oxygen atoms in total. The molecule has 3 rings (SSSR count). The van der Waals surface area contributed by atoms with Crippen LogP contribution in [0.25, 0.3) is 0 Å². The largest absolute Gasteiger partial charge is 0.338 e.